The van der Waals surface area contributed by atoms with Gasteiger partial charge in [-0.25, -0.2) is 9.59 Å². The van der Waals surface area contributed by atoms with E-state index >= 15 is 0 Å². The van der Waals surface area contributed by atoms with E-state index in [2.05, 4.69) is 26.1 Å². The number of carboxylic acids is 2. The lowest BCUT2D eigenvalue weighted by Gasteiger charge is -2.39. The smallest absolute Gasteiger partial charge is 0.333 e. The van der Waals surface area contributed by atoms with Crippen LogP contribution >= 0.6 is 15.9 Å². The third-order valence-electron chi connectivity index (χ3n) is 5.24. The van der Waals surface area contributed by atoms with Gasteiger partial charge in [-0.05, 0) is 54.4 Å². The predicted molar refractivity (Wildman–Crippen MR) is 93.4 cm³/mol. The molecule has 3 rings (SSSR count). The lowest BCUT2D eigenvalue weighted by atomic mass is 9.85. The number of aliphatic carboxylic acids is 2. The molecule has 2 fully saturated rings. The van der Waals surface area contributed by atoms with Gasteiger partial charge in [0.25, 0.3) is 0 Å². The molecule has 8 nitrogen and oxygen atoms in total. The summed E-state index contributed by atoms with van der Waals surface area (Å²) in [5.74, 6) is -1.79. The van der Waals surface area contributed by atoms with Crippen LogP contribution in [0.5, 0.6) is 0 Å². The summed E-state index contributed by atoms with van der Waals surface area (Å²) in [5.41, 5.74) is -0.942. The van der Waals surface area contributed by atoms with E-state index in [9.17, 15) is 14.7 Å². The largest absolute Gasteiger partial charge is 0.478 e. The molecule has 25 heavy (non-hydrogen) atoms. The number of carbonyl (C=O) groups is 2. The molecule has 9 heteroatoms. The molecule has 2 unspecified atom stereocenters. The summed E-state index contributed by atoms with van der Waals surface area (Å²) in [6, 6.07) is 3.82. The molecule has 2 aliphatic rings. The van der Waals surface area contributed by atoms with Crippen molar-refractivity contribution in [2.45, 2.75) is 30.8 Å². The average Bonchev–Trinajstić information content (AvgIpc) is 2.76. The van der Waals surface area contributed by atoms with Gasteiger partial charge in [0.05, 0.1) is 11.1 Å². The standard InChI is InChI=1S/C16H19BrN4O4/c1-20-10-4-6-16(20,11(15(24)25)8-14(22)23)9-21(7-5-10)13-3-2-12(17)18-19-13/h2-3,8,10H,4-7,9H2,1H3,(H,22,23)(H,24,25)/b11-8-. The first kappa shape index (κ1) is 17.8. The average molecular weight is 411 g/mol. The monoisotopic (exact) mass is 410 g/mol. The highest BCUT2D eigenvalue weighted by Crippen LogP contribution is 2.43. The Morgan fingerprint density at radius 3 is 2.68 bits per heavy atom. The number of likely N-dealkylation sites (N-methyl/N-ethyl adjacent to an activating group) is 1. The van der Waals surface area contributed by atoms with Crippen LogP contribution in [0.15, 0.2) is 28.4 Å². The zero-order chi connectivity index (χ0) is 18.2. The van der Waals surface area contributed by atoms with E-state index in [0.29, 0.717) is 29.9 Å². The minimum atomic E-state index is -1.25. The lowest BCUT2D eigenvalue weighted by molar-refractivity contribution is -0.136. The number of nitrogens with zero attached hydrogens (tertiary/aromatic N) is 4. The van der Waals surface area contributed by atoms with Crippen LogP contribution in [-0.4, -0.2) is 69.0 Å². The molecule has 2 bridgehead atoms. The molecule has 0 spiro atoms. The predicted octanol–water partition coefficient (Wildman–Crippen LogP) is 1.38. The number of hydrogen-bond donors (Lipinski definition) is 2. The van der Waals surface area contributed by atoms with Gasteiger partial charge in [0.1, 0.15) is 4.60 Å². The van der Waals surface area contributed by atoms with Crippen molar-refractivity contribution in [2.75, 3.05) is 25.0 Å². The van der Waals surface area contributed by atoms with Gasteiger partial charge < -0.3 is 15.1 Å². The normalized spacial score (nSPS) is 27.2. The molecule has 2 N–H and O–H groups in total. The Morgan fingerprint density at radius 2 is 2.08 bits per heavy atom. The zero-order valence-electron chi connectivity index (χ0n) is 13.7. The van der Waals surface area contributed by atoms with Crippen molar-refractivity contribution >= 4 is 33.7 Å². The Bertz CT molecular complexity index is 723. The van der Waals surface area contributed by atoms with E-state index in [1.807, 2.05) is 22.9 Å². The van der Waals surface area contributed by atoms with Crippen molar-refractivity contribution in [3.8, 4) is 0 Å². The molecular formula is C16H19BrN4O4. The second kappa shape index (κ2) is 6.72. The molecule has 2 saturated heterocycles. The number of aromatic nitrogens is 2. The SMILES string of the molecule is CN1C2CCN(c3ccc(Br)nn3)CC1(/C(=C\C(=O)O)C(=O)O)CC2. The molecule has 0 aliphatic carbocycles. The second-order valence-corrected chi connectivity index (χ2v) is 7.27. The van der Waals surface area contributed by atoms with E-state index in [1.54, 1.807) is 6.07 Å². The fourth-order valence-electron chi connectivity index (χ4n) is 3.95. The van der Waals surface area contributed by atoms with Crippen LogP contribution in [0, 0.1) is 0 Å². The maximum Gasteiger partial charge on any atom is 0.333 e. The van der Waals surface area contributed by atoms with Crippen molar-refractivity contribution in [3.05, 3.63) is 28.4 Å². The van der Waals surface area contributed by atoms with Crippen LogP contribution < -0.4 is 4.90 Å². The Hall–Kier alpha value is -2.00. The van der Waals surface area contributed by atoms with Gasteiger partial charge in [0.15, 0.2) is 5.82 Å². The number of carboxylic acid groups (broad SMARTS) is 2. The minimum absolute atomic E-state index is 0.0815. The Kier molecular flexibility index (Phi) is 4.79. The molecule has 3 heterocycles. The second-order valence-electron chi connectivity index (χ2n) is 6.46. The number of anilines is 1. The summed E-state index contributed by atoms with van der Waals surface area (Å²) in [4.78, 5) is 27.1. The van der Waals surface area contributed by atoms with Crippen LogP contribution in [0.4, 0.5) is 5.82 Å². The van der Waals surface area contributed by atoms with Gasteiger partial charge in [-0.1, -0.05) is 0 Å². The summed E-state index contributed by atoms with van der Waals surface area (Å²) in [5, 5.41) is 27.0. The Morgan fingerprint density at radius 1 is 1.32 bits per heavy atom. The van der Waals surface area contributed by atoms with Gasteiger partial charge in [-0.15, -0.1) is 10.2 Å². The maximum absolute atomic E-state index is 11.9. The highest BCUT2D eigenvalue weighted by molar-refractivity contribution is 9.10. The summed E-state index contributed by atoms with van der Waals surface area (Å²) >= 11 is 3.25. The van der Waals surface area contributed by atoms with Crippen molar-refractivity contribution < 1.29 is 19.8 Å². The van der Waals surface area contributed by atoms with E-state index in [1.165, 1.54) is 0 Å². The van der Waals surface area contributed by atoms with Crippen molar-refractivity contribution in [3.63, 3.8) is 0 Å². The first-order valence-corrected chi connectivity index (χ1v) is 8.78. The van der Waals surface area contributed by atoms with Crippen LogP contribution in [0.2, 0.25) is 0 Å². The van der Waals surface area contributed by atoms with E-state index in [0.717, 1.165) is 18.9 Å². The van der Waals surface area contributed by atoms with E-state index in [4.69, 9.17) is 5.11 Å². The molecule has 1 aromatic rings. The first-order valence-electron chi connectivity index (χ1n) is 7.99. The quantitative estimate of drug-likeness (QED) is 0.716. The molecular weight excluding hydrogens is 392 g/mol. The van der Waals surface area contributed by atoms with Crippen molar-refractivity contribution in [1.82, 2.24) is 15.1 Å². The molecule has 0 amide bonds. The van der Waals surface area contributed by atoms with Gasteiger partial charge in [-0.3, -0.25) is 4.90 Å². The van der Waals surface area contributed by atoms with Crippen molar-refractivity contribution in [2.24, 2.45) is 0 Å². The fraction of sp³-hybridized carbons (Fsp3) is 0.500. The number of rotatable bonds is 4. The Labute approximate surface area is 153 Å². The van der Waals surface area contributed by atoms with Crippen molar-refractivity contribution in [1.29, 1.82) is 0 Å². The summed E-state index contributed by atoms with van der Waals surface area (Å²) in [7, 11) is 1.88. The number of hydrogen-bond acceptors (Lipinski definition) is 6. The van der Waals surface area contributed by atoms with Gasteiger partial charge >= 0.3 is 11.9 Å². The summed E-state index contributed by atoms with van der Waals surface area (Å²) in [6.45, 7) is 1.08. The molecule has 0 radical (unpaired) electrons. The molecule has 2 atom stereocenters. The molecule has 134 valence electrons. The van der Waals surface area contributed by atoms with Gasteiger partial charge in [-0.2, -0.15) is 0 Å². The van der Waals surface area contributed by atoms with Crippen LogP contribution in [0.25, 0.3) is 0 Å². The lowest BCUT2D eigenvalue weighted by Crippen LogP contribution is -2.53. The van der Waals surface area contributed by atoms with E-state index < -0.39 is 17.5 Å². The number of halogens is 1. The third-order valence-corrected chi connectivity index (χ3v) is 5.66. The number of fused-ring (bicyclic) bond motifs is 2. The molecule has 0 saturated carbocycles. The highest BCUT2D eigenvalue weighted by Gasteiger charge is 2.52. The minimum Gasteiger partial charge on any atom is -0.478 e. The third kappa shape index (κ3) is 3.25. The summed E-state index contributed by atoms with van der Waals surface area (Å²) in [6.07, 6.45) is 3.13. The van der Waals surface area contributed by atoms with Crippen LogP contribution in [-0.2, 0) is 9.59 Å². The first-order chi connectivity index (χ1) is 11.8. The summed E-state index contributed by atoms with van der Waals surface area (Å²) < 4.78 is 0.622. The fourth-order valence-corrected chi connectivity index (χ4v) is 4.17. The zero-order valence-corrected chi connectivity index (χ0v) is 15.3. The Balaban J connectivity index is 2.03. The molecule has 2 aliphatic heterocycles. The van der Waals surface area contributed by atoms with Crippen LogP contribution in [0.1, 0.15) is 19.3 Å². The van der Waals surface area contributed by atoms with Gasteiger partial charge in [0.2, 0.25) is 0 Å². The van der Waals surface area contributed by atoms with Gasteiger partial charge in [0, 0.05) is 25.2 Å². The van der Waals surface area contributed by atoms with E-state index in [-0.39, 0.29) is 11.6 Å². The molecule has 0 aromatic carbocycles. The highest BCUT2D eigenvalue weighted by atomic mass is 79.9. The molecule has 1 aromatic heterocycles. The topological polar surface area (TPSA) is 107 Å². The maximum atomic E-state index is 11.9. The van der Waals surface area contributed by atoms with Crippen LogP contribution in [0.3, 0.4) is 0 Å².